The average molecular weight is 262 g/mol. The van der Waals surface area contributed by atoms with Crippen LogP contribution in [0.1, 0.15) is 30.6 Å². The molecule has 1 aromatic rings. The molecule has 0 bridgehead atoms. The van der Waals surface area contributed by atoms with E-state index in [0.29, 0.717) is 30.0 Å². The first kappa shape index (κ1) is 14.8. The lowest BCUT2D eigenvalue weighted by molar-refractivity contribution is 0.0600. The summed E-state index contributed by atoms with van der Waals surface area (Å²) in [6.45, 7) is 4.03. The van der Waals surface area contributed by atoms with E-state index in [0.717, 1.165) is 0 Å². The number of nitrogens with two attached hydrogens (primary N) is 1. The molecule has 5 nitrogen and oxygen atoms in total. The fraction of sp³-hybridized carbons (Fsp3) is 0.429. The molecule has 0 saturated heterocycles. The number of carbonyl (C=O) groups excluding carboxylic acids is 1. The quantitative estimate of drug-likeness (QED) is 0.650. The first-order valence-electron chi connectivity index (χ1n) is 5.91. The highest BCUT2D eigenvalue weighted by Crippen LogP contribution is 2.25. The van der Waals surface area contributed by atoms with Gasteiger partial charge in [0.25, 0.3) is 0 Å². The van der Waals surface area contributed by atoms with E-state index < -0.39 is 11.4 Å². The van der Waals surface area contributed by atoms with Gasteiger partial charge in [-0.2, -0.15) is 5.26 Å². The fourth-order valence-corrected chi connectivity index (χ4v) is 1.38. The van der Waals surface area contributed by atoms with Crippen molar-refractivity contribution in [3.63, 3.8) is 0 Å². The maximum atomic E-state index is 11.4. The monoisotopic (exact) mass is 262 g/mol. The van der Waals surface area contributed by atoms with E-state index in [1.54, 1.807) is 18.2 Å². The maximum Gasteiger partial charge on any atom is 0.337 e. The third-order valence-electron chi connectivity index (χ3n) is 2.72. The molecule has 0 aliphatic carbocycles. The molecule has 0 fully saturated rings. The summed E-state index contributed by atoms with van der Waals surface area (Å²) in [5, 5.41) is 8.90. The normalized spacial score (nSPS) is 10.6. The van der Waals surface area contributed by atoms with Crippen LogP contribution in [0.2, 0.25) is 0 Å². The van der Waals surface area contributed by atoms with Crippen LogP contribution < -0.4 is 10.5 Å². The van der Waals surface area contributed by atoms with Crippen molar-refractivity contribution in [2.75, 3.05) is 19.5 Å². The summed E-state index contributed by atoms with van der Waals surface area (Å²) in [6, 6.07) is 6.91. The molecule has 0 heterocycles. The molecule has 102 valence electrons. The molecule has 1 rings (SSSR count). The molecule has 0 spiro atoms. The number of methoxy groups -OCH3 is 1. The number of nitriles is 1. The number of hydrogen-bond donors (Lipinski definition) is 1. The van der Waals surface area contributed by atoms with Gasteiger partial charge in [0.2, 0.25) is 0 Å². The Labute approximate surface area is 112 Å². The van der Waals surface area contributed by atoms with Crippen molar-refractivity contribution in [2.24, 2.45) is 5.41 Å². The first-order valence-corrected chi connectivity index (χ1v) is 5.91. The molecular weight excluding hydrogens is 244 g/mol. The lowest BCUT2D eigenvalue weighted by Gasteiger charge is -2.16. The number of esters is 1. The Kier molecular flexibility index (Phi) is 4.76. The minimum absolute atomic E-state index is 0.357. The van der Waals surface area contributed by atoms with Crippen molar-refractivity contribution < 1.29 is 14.3 Å². The van der Waals surface area contributed by atoms with Crippen LogP contribution in [-0.2, 0) is 4.74 Å². The molecule has 0 amide bonds. The maximum absolute atomic E-state index is 11.4. The van der Waals surface area contributed by atoms with E-state index in [1.807, 2.05) is 13.8 Å². The van der Waals surface area contributed by atoms with Crippen molar-refractivity contribution in [2.45, 2.75) is 20.3 Å². The van der Waals surface area contributed by atoms with Gasteiger partial charge < -0.3 is 15.2 Å². The molecule has 0 aliphatic rings. The zero-order valence-electron chi connectivity index (χ0n) is 11.4. The molecule has 0 atom stereocenters. The molecule has 1 aromatic carbocycles. The van der Waals surface area contributed by atoms with Crippen LogP contribution in [0.15, 0.2) is 18.2 Å². The fourth-order valence-electron chi connectivity index (χ4n) is 1.38. The molecular formula is C14H18N2O3. The minimum Gasteiger partial charge on any atom is -0.491 e. The standard InChI is InChI=1S/C14H18N2O3/c1-14(2,9-15)6-7-19-12-8-10(13(17)18-3)4-5-11(12)16/h4-5,8H,6-7,16H2,1-3H3. The van der Waals surface area contributed by atoms with E-state index in [9.17, 15) is 4.79 Å². The molecule has 5 heteroatoms. The molecule has 0 unspecified atom stereocenters. The SMILES string of the molecule is COC(=O)c1ccc(N)c(OCCC(C)(C)C#N)c1. The zero-order valence-corrected chi connectivity index (χ0v) is 11.4. The third-order valence-corrected chi connectivity index (χ3v) is 2.72. The number of benzene rings is 1. The topological polar surface area (TPSA) is 85.3 Å². The van der Waals surface area contributed by atoms with E-state index in [-0.39, 0.29) is 0 Å². The van der Waals surface area contributed by atoms with Crippen molar-refractivity contribution in [1.29, 1.82) is 5.26 Å². The van der Waals surface area contributed by atoms with Crippen molar-refractivity contribution in [3.8, 4) is 11.8 Å². The van der Waals surface area contributed by atoms with Gasteiger partial charge in [-0.25, -0.2) is 4.79 Å². The second-order valence-corrected chi connectivity index (χ2v) is 4.84. The summed E-state index contributed by atoms with van der Waals surface area (Å²) >= 11 is 0. The Balaban J connectivity index is 2.73. The summed E-state index contributed by atoms with van der Waals surface area (Å²) in [4.78, 5) is 11.4. The van der Waals surface area contributed by atoms with Gasteiger partial charge in [0.1, 0.15) is 5.75 Å². The number of anilines is 1. The Morgan fingerprint density at radius 3 is 2.74 bits per heavy atom. The number of carbonyl (C=O) groups is 1. The second-order valence-electron chi connectivity index (χ2n) is 4.84. The third kappa shape index (κ3) is 4.18. The Hall–Kier alpha value is -2.22. The number of hydrogen-bond acceptors (Lipinski definition) is 5. The van der Waals surface area contributed by atoms with Gasteiger partial charge in [-0.1, -0.05) is 0 Å². The summed E-state index contributed by atoms with van der Waals surface area (Å²) in [7, 11) is 1.31. The van der Waals surface area contributed by atoms with Crippen LogP contribution >= 0.6 is 0 Å². The Bertz CT molecular complexity index is 504. The smallest absolute Gasteiger partial charge is 0.337 e. The first-order chi connectivity index (χ1) is 8.89. The Morgan fingerprint density at radius 1 is 1.47 bits per heavy atom. The average Bonchev–Trinajstić information content (AvgIpc) is 2.40. The van der Waals surface area contributed by atoms with Crippen LogP contribution in [0.4, 0.5) is 5.69 Å². The number of ether oxygens (including phenoxy) is 2. The van der Waals surface area contributed by atoms with Gasteiger partial charge in [0.15, 0.2) is 0 Å². The van der Waals surface area contributed by atoms with Crippen molar-refractivity contribution >= 4 is 11.7 Å². The van der Waals surface area contributed by atoms with Gasteiger partial charge in [0, 0.05) is 0 Å². The minimum atomic E-state index is -0.450. The summed E-state index contributed by atoms with van der Waals surface area (Å²) < 4.78 is 10.2. The predicted molar refractivity (Wildman–Crippen MR) is 71.7 cm³/mol. The molecule has 19 heavy (non-hydrogen) atoms. The highest BCUT2D eigenvalue weighted by molar-refractivity contribution is 5.90. The lowest BCUT2D eigenvalue weighted by Crippen LogP contribution is -2.14. The van der Waals surface area contributed by atoms with Crippen molar-refractivity contribution in [3.05, 3.63) is 23.8 Å². The van der Waals surface area contributed by atoms with Crippen LogP contribution in [0, 0.1) is 16.7 Å². The van der Waals surface area contributed by atoms with E-state index in [1.165, 1.54) is 7.11 Å². The van der Waals surface area contributed by atoms with E-state index in [2.05, 4.69) is 10.8 Å². The van der Waals surface area contributed by atoms with Crippen LogP contribution in [0.5, 0.6) is 5.75 Å². The highest BCUT2D eigenvalue weighted by atomic mass is 16.5. The molecule has 0 radical (unpaired) electrons. The lowest BCUT2D eigenvalue weighted by atomic mass is 9.92. The van der Waals surface area contributed by atoms with E-state index in [4.69, 9.17) is 15.7 Å². The zero-order chi connectivity index (χ0) is 14.5. The molecule has 0 aromatic heterocycles. The predicted octanol–water partition coefficient (Wildman–Crippen LogP) is 2.37. The molecule has 2 N–H and O–H groups in total. The Morgan fingerprint density at radius 2 is 2.16 bits per heavy atom. The highest BCUT2D eigenvalue weighted by Gasteiger charge is 2.17. The van der Waals surface area contributed by atoms with Gasteiger partial charge in [0.05, 0.1) is 36.5 Å². The summed E-state index contributed by atoms with van der Waals surface area (Å²) in [5.74, 6) is -0.0150. The number of nitrogen functional groups attached to an aromatic ring is 1. The molecule has 0 saturated carbocycles. The number of rotatable bonds is 5. The van der Waals surface area contributed by atoms with E-state index >= 15 is 0 Å². The van der Waals surface area contributed by atoms with Gasteiger partial charge in [-0.3, -0.25) is 0 Å². The summed E-state index contributed by atoms with van der Waals surface area (Å²) in [5.41, 5.74) is 6.15. The molecule has 0 aliphatic heterocycles. The van der Waals surface area contributed by atoms with Gasteiger partial charge >= 0.3 is 5.97 Å². The van der Waals surface area contributed by atoms with Gasteiger partial charge in [-0.05, 0) is 38.5 Å². The van der Waals surface area contributed by atoms with Gasteiger partial charge in [-0.15, -0.1) is 0 Å². The van der Waals surface area contributed by atoms with Crippen LogP contribution in [-0.4, -0.2) is 19.7 Å². The van der Waals surface area contributed by atoms with Crippen molar-refractivity contribution in [1.82, 2.24) is 0 Å². The second kappa shape index (κ2) is 6.10. The van der Waals surface area contributed by atoms with Crippen LogP contribution in [0.25, 0.3) is 0 Å². The largest absolute Gasteiger partial charge is 0.491 e. The number of nitrogens with zero attached hydrogens (tertiary/aromatic N) is 1. The van der Waals surface area contributed by atoms with Crippen LogP contribution in [0.3, 0.4) is 0 Å². The summed E-state index contributed by atoms with van der Waals surface area (Å²) in [6.07, 6.45) is 0.575.